The molecule has 1 heterocycles. The average Bonchev–Trinajstić information content (AvgIpc) is 2.29. The first-order chi connectivity index (χ1) is 8.08. The van der Waals surface area contributed by atoms with Crippen molar-refractivity contribution in [2.75, 3.05) is 0 Å². The fourth-order valence-corrected chi connectivity index (χ4v) is 1.74. The standard InChI is InChI=1S/C11H6Cl2N2O2/c12-7-1-2-8(9(13)3-7)10-14-4-6(5-15-10)11(16)17/h1-5H,(H,16,17). The van der Waals surface area contributed by atoms with Crippen molar-refractivity contribution < 1.29 is 9.90 Å². The van der Waals surface area contributed by atoms with E-state index < -0.39 is 5.97 Å². The summed E-state index contributed by atoms with van der Waals surface area (Å²) in [6.45, 7) is 0. The molecule has 0 amide bonds. The van der Waals surface area contributed by atoms with Crippen molar-refractivity contribution in [2.45, 2.75) is 0 Å². The van der Waals surface area contributed by atoms with Gasteiger partial charge < -0.3 is 5.11 Å². The maximum absolute atomic E-state index is 10.6. The Morgan fingerprint density at radius 2 is 1.82 bits per heavy atom. The number of hydrogen-bond donors (Lipinski definition) is 1. The number of aromatic nitrogens is 2. The molecule has 0 saturated heterocycles. The summed E-state index contributed by atoms with van der Waals surface area (Å²) in [5.74, 6) is -0.713. The first kappa shape index (κ1) is 11.8. The third-order valence-corrected chi connectivity index (χ3v) is 2.62. The highest BCUT2D eigenvalue weighted by atomic mass is 35.5. The van der Waals surface area contributed by atoms with E-state index in [1.807, 2.05) is 0 Å². The Hall–Kier alpha value is -1.65. The van der Waals surface area contributed by atoms with E-state index in [1.54, 1.807) is 18.2 Å². The lowest BCUT2D eigenvalue weighted by Crippen LogP contribution is -1.99. The summed E-state index contributed by atoms with van der Waals surface area (Å²) < 4.78 is 0. The molecule has 0 fully saturated rings. The van der Waals surface area contributed by atoms with Crippen molar-refractivity contribution >= 4 is 29.2 Å². The van der Waals surface area contributed by atoms with Gasteiger partial charge in [-0.2, -0.15) is 0 Å². The van der Waals surface area contributed by atoms with Gasteiger partial charge in [0.15, 0.2) is 5.82 Å². The monoisotopic (exact) mass is 268 g/mol. The maximum atomic E-state index is 10.6. The average molecular weight is 269 g/mol. The maximum Gasteiger partial charge on any atom is 0.338 e. The summed E-state index contributed by atoms with van der Waals surface area (Å²) in [6.07, 6.45) is 2.46. The molecule has 0 aliphatic carbocycles. The van der Waals surface area contributed by atoms with Crippen LogP contribution in [0.2, 0.25) is 10.0 Å². The zero-order valence-corrected chi connectivity index (χ0v) is 9.90. The molecule has 2 aromatic rings. The summed E-state index contributed by atoms with van der Waals surface area (Å²) >= 11 is 11.8. The number of nitrogens with zero attached hydrogens (tertiary/aromatic N) is 2. The predicted octanol–water partition coefficient (Wildman–Crippen LogP) is 3.15. The van der Waals surface area contributed by atoms with Gasteiger partial charge in [0.25, 0.3) is 0 Å². The van der Waals surface area contributed by atoms with Crippen molar-refractivity contribution in [1.82, 2.24) is 9.97 Å². The molecular weight excluding hydrogens is 263 g/mol. The lowest BCUT2D eigenvalue weighted by Gasteiger charge is -2.03. The van der Waals surface area contributed by atoms with Crippen LogP contribution >= 0.6 is 23.2 Å². The van der Waals surface area contributed by atoms with E-state index in [2.05, 4.69) is 9.97 Å². The third kappa shape index (κ3) is 2.54. The molecule has 86 valence electrons. The zero-order valence-electron chi connectivity index (χ0n) is 8.39. The fraction of sp³-hybridized carbons (Fsp3) is 0. The van der Waals surface area contributed by atoms with Gasteiger partial charge in [-0.3, -0.25) is 0 Å². The van der Waals surface area contributed by atoms with Crippen LogP contribution in [0.5, 0.6) is 0 Å². The van der Waals surface area contributed by atoms with E-state index in [9.17, 15) is 4.79 Å². The van der Waals surface area contributed by atoms with Crippen molar-refractivity contribution in [2.24, 2.45) is 0 Å². The molecular formula is C11H6Cl2N2O2. The molecule has 1 aromatic carbocycles. The van der Waals surface area contributed by atoms with E-state index in [0.717, 1.165) is 0 Å². The zero-order chi connectivity index (χ0) is 12.4. The molecule has 0 radical (unpaired) electrons. The van der Waals surface area contributed by atoms with Gasteiger partial charge in [0.1, 0.15) is 0 Å². The lowest BCUT2D eigenvalue weighted by atomic mass is 10.2. The van der Waals surface area contributed by atoms with Crippen molar-refractivity contribution in [3.05, 3.63) is 46.2 Å². The fourth-order valence-electron chi connectivity index (χ4n) is 1.25. The van der Waals surface area contributed by atoms with Crippen LogP contribution in [0.1, 0.15) is 10.4 Å². The number of aromatic carboxylic acids is 1. The molecule has 0 unspecified atom stereocenters. The highest BCUT2D eigenvalue weighted by molar-refractivity contribution is 6.36. The molecule has 17 heavy (non-hydrogen) atoms. The second-order valence-corrected chi connectivity index (χ2v) is 4.07. The highest BCUT2D eigenvalue weighted by Gasteiger charge is 2.09. The van der Waals surface area contributed by atoms with Gasteiger partial charge in [-0.15, -0.1) is 0 Å². The molecule has 6 heteroatoms. The molecule has 0 spiro atoms. The summed E-state index contributed by atoms with van der Waals surface area (Å²) in [5, 5.41) is 9.65. The van der Waals surface area contributed by atoms with Crippen LogP contribution in [-0.4, -0.2) is 21.0 Å². The van der Waals surface area contributed by atoms with E-state index in [4.69, 9.17) is 28.3 Å². The Kier molecular flexibility index (Phi) is 3.26. The molecule has 0 aliphatic heterocycles. The molecule has 4 nitrogen and oxygen atoms in total. The van der Waals surface area contributed by atoms with Gasteiger partial charge in [-0.25, -0.2) is 14.8 Å². The Balaban J connectivity index is 2.43. The molecule has 0 aliphatic rings. The number of hydrogen-bond acceptors (Lipinski definition) is 3. The van der Waals surface area contributed by atoms with E-state index >= 15 is 0 Å². The second kappa shape index (κ2) is 4.69. The van der Waals surface area contributed by atoms with Crippen LogP contribution in [0.4, 0.5) is 0 Å². The van der Waals surface area contributed by atoms with Crippen LogP contribution in [-0.2, 0) is 0 Å². The van der Waals surface area contributed by atoms with Crippen molar-refractivity contribution in [3.63, 3.8) is 0 Å². The number of carbonyl (C=O) groups is 1. The van der Waals surface area contributed by atoms with Gasteiger partial charge in [0, 0.05) is 23.0 Å². The van der Waals surface area contributed by atoms with Crippen LogP contribution < -0.4 is 0 Å². The summed E-state index contributed by atoms with van der Waals surface area (Å²) in [7, 11) is 0. The van der Waals surface area contributed by atoms with E-state index in [1.165, 1.54) is 12.4 Å². The van der Waals surface area contributed by atoms with Gasteiger partial charge in [0.05, 0.1) is 10.6 Å². The van der Waals surface area contributed by atoms with Gasteiger partial charge in [-0.1, -0.05) is 23.2 Å². The minimum absolute atomic E-state index is 0.0267. The van der Waals surface area contributed by atoms with Crippen molar-refractivity contribution in [3.8, 4) is 11.4 Å². The topological polar surface area (TPSA) is 63.1 Å². The molecule has 1 N–H and O–H groups in total. The first-order valence-electron chi connectivity index (χ1n) is 4.58. The van der Waals surface area contributed by atoms with Gasteiger partial charge >= 0.3 is 5.97 Å². The third-order valence-electron chi connectivity index (χ3n) is 2.07. The number of rotatable bonds is 2. The SMILES string of the molecule is O=C(O)c1cnc(-c2ccc(Cl)cc2Cl)nc1. The Bertz CT molecular complexity index is 570. The first-order valence-corrected chi connectivity index (χ1v) is 5.34. The minimum atomic E-state index is -1.07. The van der Waals surface area contributed by atoms with Crippen LogP contribution in [0, 0.1) is 0 Å². The van der Waals surface area contributed by atoms with Crippen LogP contribution in [0.3, 0.4) is 0 Å². The Labute approximate surface area is 107 Å². The molecule has 0 atom stereocenters. The molecule has 2 rings (SSSR count). The van der Waals surface area contributed by atoms with E-state index in [0.29, 0.717) is 21.4 Å². The smallest absolute Gasteiger partial charge is 0.338 e. The van der Waals surface area contributed by atoms with Crippen molar-refractivity contribution in [1.29, 1.82) is 0 Å². The van der Waals surface area contributed by atoms with Gasteiger partial charge in [-0.05, 0) is 18.2 Å². The number of carboxylic acids is 1. The summed E-state index contributed by atoms with van der Waals surface area (Å²) in [5.41, 5.74) is 0.631. The second-order valence-electron chi connectivity index (χ2n) is 3.22. The van der Waals surface area contributed by atoms with Gasteiger partial charge in [0.2, 0.25) is 0 Å². The highest BCUT2D eigenvalue weighted by Crippen LogP contribution is 2.27. The summed E-state index contributed by atoms with van der Waals surface area (Å²) in [6, 6.07) is 4.92. The number of benzene rings is 1. The van der Waals surface area contributed by atoms with Crippen LogP contribution in [0.25, 0.3) is 11.4 Å². The summed E-state index contributed by atoms with van der Waals surface area (Å²) in [4.78, 5) is 18.5. The number of carboxylic acid groups (broad SMARTS) is 1. The lowest BCUT2D eigenvalue weighted by molar-refractivity contribution is 0.0696. The van der Waals surface area contributed by atoms with E-state index in [-0.39, 0.29) is 5.56 Å². The normalized spacial score (nSPS) is 10.2. The Morgan fingerprint density at radius 1 is 1.18 bits per heavy atom. The predicted molar refractivity (Wildman–Crippen MR) is 64.4 cm³/mol. The largest absolute Gasteiger partial charge is 0.478 e. The molecule has 0 saturated carbocycles. The quantitative estimate of drug-likeness (QED) is 0.909. The molecule has 1 aromatic heterocycles. The number of halogens is 2. The Morgan fingerprint density at radius 3 is 2.35 bits per heavy atom. The molecule has 0 bridgehead atoms. The van der Waals surface area contributed by atoms with Crippen LogP contribution in [0.15, 0.2) is 30.6 Å². The minimum Gasteiger partial charge on any atom is -0.478 e.